The third-order valence-electron chi connectivity index (χ3n) is 3.35. The van der Waals surface area contributed by atoms with Gasteiger partial charge >= 0.3 is 0 Å². The number of hydrogen-bond acceptors (Lipinski definition) is 5. The molecule has 2 heterocycles. The molecule has 2 N–H and O–H groups in total. The zero-order valence-electron chi connectivity index (χ0n) is 12.5. The summed E-state index contributed by atoms with van der Waals surface area (Å²) in [5, 5.41) is 1.04. The standard InChI is InChI=1S/C17H17N3O2/c1-11(18)12-3-6-15-13(9-12)4-7-17(20-15)22-14-5-8-16(21-2)19-10-14/h3-11H,18H2,1-2H3. The lowest BCUT2D eigenvalue weighted by Gasteiger charge is -2.09. The summed E-state index contributed by atoms with van der Waals surface area (Å²) < 4.78 is 10.7. The minimum Gasteiger partial charge on any atom is -0.481 e. The first-order valence-corrected chi connectivity index (χ1v) is 7.00. The van der Waals surface area contributed by atoms with Gasteiger partial charge in [0.15, 0.2) is 0 Å². The summed E-state index contributed by atoms with van der Waals surface area (Å²) in [7, 11) is 1.57. The quantitative estimate of drug-likeness (QED) is 0.798. The number of nitrogens with zero attached hydrogens (tertiary/aromatic N) is 2. The summed E-state index contributed by atoms with van der Waals surface area (Å²) in [4.78, 5) is 8.59. The van der Waals surface area contributed by atoms with E-state index in [1.165, 1.54) is 0 Å². The maximum absolute atomic E-state index is 5.90. The molecule has 3 rings (SSSR count). The Bertz CT molecular complexity index is 786. The molecule has 5 nitrogen and oxygen atoms in total. The van der Waals surface area contributed by atoms with Crippen LogP contribution in [0.3, 0.4) is 0 Å². The van der Waals surface area contributed by atoms with Gasteiger partial charge in [-0.15, -0.1) is 0 Å². The molecule has 0 aliphatic heterocycles. The lowest BCUT2D eigenvalue weighted by Crippen LogP contribution is -2.04. The second-order valence-electron chi connectivity index (χ2n) is 5.03. The molecule has 0 saturated heterocycles. The number of aromatic nitrogens is 2. The smallest absolute Gasteiger partial charge is 0.219 e. The highest BCUT2D eigenvalue weighted by molar-refractivity contribution is 5.80. The van der Waals surface area contributed by atoms with E-state index >= 15 is 0 Å². The Balaban J connectivity index is 1.86. The molecule has 0 aliphatic carbocycles. The lowest BCUT2D eigenvalue weighted by molar-refractivity contribution is 0.394. The number of hydrogen-bond donors (Lipinski definition) is 1. The Hall–Kier alpha value is -2.66. The number of methoxy groups -OCH3 is 1. The van der Waals surface area contributed by atoms with E-state index in [9.17, 15) is 0 Å². The maximum atomic E-state index is 5.90. The molecular weight excluding hydrogens is 278 g/mol. The number of pyridine rings is 2. The third kappa shape index (κ3) is 2.99. The number of ether oxygens (including phenoxy) is 2. The number of nitrogens with two attached hydrogens (primary N) is 1. The molecule has 0 aliphatic rings. The summed E-state index contributed by atoms with van der Waals surface area (Å²) in [6.45, 7) is 1.96. The number of benzene rings is 1. The molecule has 5 heteroatoms. The predicted octanol–water partition coefficient (Wildman–Crippen LogP) is 3.45. The molecule has 22 heavy (non-hydrogen) atoms. The van der Waals surface area contributed by atoms with Gasteiger partial charge in [0, 0.05) is 23.6 Å². The molecule has 0 saturated carbocycles. The molecule has 3 aromatic rings. The van der Waals surface area contributed by atoms with Crippen LogP contribution in [0.4, 0.5) is 0 Å². The minimum atomic E-state index is 0.00528. The van der Waals surface area contributed by atoms with E-state index in [1.807, 2.05) is 37.3 Å². The van der Waals surface area contributed by atoms with Gasteiger partial charge in [0.25, 0.3) is 0 Å². The monoisotopic (exact) mass is 295 g/mol. The zero-order chi connectivity index (χ0) is 15.5. The van der Waals surface area contributed by atoms with Crippen molar-refractivity contribution in [3.05, 3.63) is 54.2 Å². The summed E-state index contributed by atoms with van der Waals surface area (Å²) in [6, 6.07) is 13.3. The van der Waals surface area contributed by atoms with Crippen LogP contribution in [0.1, 0.15) is 18.5 Å². The summed E-state index contributed by atoms with van der Waals surface area (Å²) in [5.41, 5.74) is 7.85. The van der Waals surface area contributed by atoms with Crippen molar-refractivity contribution in [3.63, 3.8) is 0 Å². The van der Waals surface area contributed by atoms with Crippen LogP contribution in [0.2, 0.25) is 0 Å². The normalized spacial score (nSPS) is 12.1. The first-order valence-electron chi connectivity index (χ1n) is 7.00. The summed E-state index contributed by atoms with van der Waals surface area (Å²) >= 11 is 0. The summed E-state index contributed by atoms with van der Waals surface area (Å²) in [6.07, 6.45) is 1.60. The Labute approximate surface area is 128 Å². The van der Waals surface area contributed by atoms with E-state index in [0.717, 1.165) is 16.5 Å². The van der Waals surface area contributed by atoms with Crippen molar-refractivity contribution in [2.45, 2.75) is 13.0 Å². The SMILES string of the molecule is COc1ccc(Oc2ccc3cc(C(C)N)ccc3n2)cn1. The Morgan fingerprint density at radius 1 is 1.05 bits per heavy atom. The molecule has 0 radical (unpaired) electrons. The Morgan fingerprint density at radius 2 is 1.86 bits per heavy atom. The van der Waals surface area contributed by atoms with Gasteiger partial charge in [0.1, 0.15) is 5.75 Å². The molecule has 1 unspecified atom stereocenters. The topological polar surface area (TPSA) is 70.3 Å². The van der Waals surface area contributed by atoms with Crippen molar-refractivity contribution in [1.29, 1.82) is 0 Å². The van der Waals surface area contributed by atoms with Gasteiger partial charge in [-0.3, -0.25) is 0 Å². The number of rotatable bonds is 4. The molecule has 1 aromatic carbocycles. The fourth-order valence-electron chi connectivity index (χ4n) is 2.13. The first-order chi connectivity index (χ1) is 10.7. The van der Waals surface area contributed by atoms with Crippen molar-refractivity contribution in [2.24, 2.45) is 5.73 Å². The highest BCUT2D eigenvalue weighted by Crippen LogP contribution is 2.24. The molecule has 0 bridgehead atoms. The van der Waals surface area contributed by atoms with Gasteiger partial charge < -0.3 is 15.2 Å². The highest BCUT2D eigenvalue weighted by atomic mass is 16.5. The minimum absolute atomic E-state index is 0.00528. The van der Waals surface area contributed by atoms with E-state index in [4.69, 9.17) is 15.2 Å². The van der Waals surface area contributed by atoms with Crippen molar-refractivity contribution < 1.29 is 9.47 Å². The van der Waals surface area contributed by atoms with E-state index in [0.29, 0.717) is 17.5 Å². The number of fused-ring (bicyclic) bond motifs is 1. The van der Waals surface area contributed by atoms with Gasteiger partial charge in [0.2, 0.25) is 11.8 Å². The van der Waals surface area contributed by atoms with Crippen LogP contribution in [-0.4, -0.2) is 17.1 Å². The molecule has 0 amide bonds. The zero-order valence-corrected chi connectivity index (χ0v) is 12.5. The van der Waals surface area contributed by atoms with Gasteiger partial charge in [-0.2, -0.15) is 0 Å². The molecule has 2 aromatic heterocycles. The maximum Gasteiger partial charge on any atom is 0.219 e. The van der Waals surface area contributed by atoms with Crippen LogP contribution >= 0.6 is 0 Å². The van der Waals surface area contributed by atoms with Crippen LogP contribution in [0.5, 0.6) is 17.5 Å². The van der Waals surface area contributed by atoms with Gasteiger partial charge in [-0.05, 0) is 36.8 Å². The fourth-order valence-corrected chi connectivity index (χ4v) is 2.13. The fraction of sp³-hybridized carbons (Fsp3) is 0.176. The molecule has 0 fully saturated rings. The van der Waals surface area contributed by atoms with Gasteiger partial charge in [-0.1, -0.05) is 6.07 Å². The predicted molar refractivity (Wildman–Crippen MR) is 85.2 cm³/mol. The second-order valence-corrected chi connectivity index (χ2v) is 5.03. The van der Waals surface area contributed by atoms with Crippen LogP contribution < -0.4 is 15.2 Å². The highest BCUT2D eigenvalue weighted by Gasteiger charge is 2.05. The van der Waals surface area contributed by atoms with Crippen molar-refractivity contribution >= 4 is 10.9 Å². The molecule has 0 spiro atoms. The second kappa shape index (κ2) is 5.99. The van der Waals surface area contributed by atoms with E-state index < -0.39 is 0 Å². The first kappa shape index (κ1) is 14.3. The lowest BCUT2D eigenvalue weighted by atomic mass is 10.1. The third-order valence-corrected chi connectivity index (χ3v) is 3.35. The largest absolute Gasteiger partial charge is 0.481 e. The van der Waals surface area contributed by atoms with Crippen molar-refractivity contribution in [2.75, 3.05) is 7.11 Å². The van der Waals surface area contributed by atoms with Crippen molar-refractivity contribution in [1.82, 2.24) is 9.97 Å². The van der Waals surface area contributed by atoms with E-state index in [2.05, 4.69) is 9.97 Å². The Kier molecular flexibility index (Phi) is 3.89. The molecular formula is C17H17N3O2. The van der Waals surface area contributed by atoms with Crippen molar-refractivity contribution in [3.8, 4) is 17.5 Å². The van der Waals surface area contributed by atoms with Crippen LogP contribution in [0.25, 0.3) is 10.9 Å². The molecule has 1 atom stereocenters. The van der Waals surface area contributed by atoms with E-state index in [1.54, 1.807) is 25.4 Å². The summed E-state index contributed by atoms with van der Waals surface area (Å²) in [5.74, 6) is 1.68. The van der Waals surface area contributed by atoms with Crippen LogP contribution in [-0.2, 0) is 0 Å². The van der Waals surface area contributed by atoms with E-state index in [-0.39, 0.29) is 6.04 Å². The van der Waals surface area contributed by atoms with Crippen LogP contribution in [0.15, 0.2) is 48.7 Å². The van der Waals surface area contributed by atoms with Gasteiger partial charge in [-0.25, -0.2) is 9.97 Å². The average molecular weight is 295 g/mol. The Morgan fingerprint density at radius 3 is 2.55 bits per heavy atom. The van der Waals surface area contributed by atoms with Crippen LogP contribution in [0, 0.1) is 0 Å². The average Bonchev–Trinajstić information content (AvgIpc) is 2.55. The molecule has 112 valence electrons. The van der Waals surface area contributed by atoms with Gasteiger partial charge in [0.05, 0.1) is 18.8 Å².